The zero-order valence-electron chi connectivity index (χ0n) is 17.6. The van der Waals surface area contributed by atoms with Crippen LogP contribution in [-0.4, -0.2) is 13.2 Å². The lowest BCUT2D eigenvalue weighted by atomic mass is 9.89. The van der Waals surface area contributed by atoms with Gasteiger partial charge in [0, 0.05) is 12.3 Å². The summed E-state index contributed by atoms with van der Waals surface area (Å²) in [5.41, 5.74) is 3.86. The highest BCUT2D eigenvalue weighted by Crippen LogP contribution is 2.29. The second-order valence-corrected chi connectivity index (χ2v) is 7.49. The molecule has 0 aliphatic carbocycles. The van der Waals surface area contributed by atoms with Crippen molar-refractivity contribution >= 4 is 0 Å². The van der Waals surface area contributed by atoms with Gasteiger partial charge >= 0.3 is 0 Å². The quantitative estimate of drug-likeness (QED) is 0.291. The van der Waals surface area contributed by atoms with E-state index >= 15 is 0 Å². The number of benzene rings is 4. The standard InChI is InChI=1S/C29H27O2/c1-4-10-24(11-5-1)20-22-30-28-18-16-26(17-19-28)29(25-12-6-2-7-13-25)21-23-31-27-14-8-3-9-15-27/h1-2,4-19,29H,20-23H2. The van der Waals surface area contributed by atoms with Gasteiger partial charge in [0.1, 0.15) is 11.5 Å². The van der Waals surface area contributed by atoms with Crippen LogP contribution in [0.25, 0.3) is 0 Å². The average Bonchev–Trinajstić information content (AvgIpc) is 2.84. The van der Waals surface area contributed by atoms with Gasteiger partial charge in [0.05, 0.1) is 13.2 Å². The molecule has 1 radical (unpaired) electrons. The first kappa shape index (κ1) is 20.7. The first-order chi connectivity index (χ1) is 15.4. The average molecular weight is 408 g/mol. The highest BCUT2D eigenvalue weighted by Gasteiger charge is 2.14. The normalized spacial score (nSPS) is 11.6. The van der Waals surface area contributed by atoms with Crippen LogP contribution in [0.2, 0.25) is 0 Å². The Hall–Kier alpha value is -3.52. The minimum Gasteiger partial charge on any atom is -0.494 e. The van der Waals surface area contributed by atoms with Crippen molar-refractivity contribution < 1.29 is 9.47 Å². The topological polar surface area (TPSA) is 18.5 Å². The molecule has 155 valence electrons. The molecule has 2 heteroatoms. The molecule has 0 aliphatic rings. The van der Waals surface area contributed by atoms with Gasteiger partial charge in [0.25, 0.3) is 0 Å². The first-order valence-corrected chi connectivity index (χ1v) is 10.8. The van der Waals surface area contributed by atoms with Gasteiger partial charge in [-0.05, 0) is 53.4 Å². The number of rotatable bonds is 10. The van der Waals surface area contributed by atoms with E-state index in [2.05, 4.69) is 84.9 Å². The van der Waals surface area contributed by atoms with Crippen molar-refractivity contribution in [3.05, 3.63) is 132 Å². The van der Waals surface area contributed by atoms with Crippen LogP contribution in [0.4, 0.5) is 0 Å². The first-order valence-electron chi connectivity index (χ1n) is 10.8. The molecule has 4 rings (SSSR count). The van der Waals surface area contributed by atoms with E-state index in [1.54, 1.807) is 0 Å². The zero-order valence-corrected chi connectivity index (χ0v) is 17.6. The van der Waals surface area contributed by atoms with E-state index < -0.39 is 0 Å². The van der Waals surface area contributed by atoms with E-state index in [-0.39, 0.29) is 5.92 Å². The van der Waals surface area contributed by atoms with Gasteiger partial charge in [-0.2, -0.15) is 0 Å². The predicted molar refractivity (Wildman–Crippen MR) is 126 cm³/mol. The smallest absolute Gasteiger partial charge is 0.119 e. The van der Waals surface area contributed by atoms with Gasteiger partial charge < -0.3 is 9.47 Å². The molecule has 0 aromatic heterocycles. The highest BCUT2D eigenvalue weighted by molar-refractivity contribution is 5.36. The summed E-state index contributed by atoms with van der Waals surface area (Å²) in [6.07, 6.45) is 1.81. The van der Waals surface area contributed by atoms with Gasteiger partial charge in [-0.15, -0.1) is 0 Å². The molecule has 1 unspecified atom stereocenters. The summed E-state index contributed by atoms with van der Waals surface area (Å²) in [5.74, 6) is 2.06. The molecule has 2 nitrogen and oxygen atoms in total. The fraction of sp³-hybridized carbons (Fsp3) is 0.172. The predicted octanol–water partition coefficient (Wildman–Crippen LogP) is 6.71. The molecule has 0 N–H and O–H groups in total. The molecule has 1 atom stereocenters. The molecule has 4 aromatic carbocycles. The molecule has 4 aromatic rings. The molecule has 0 bridgehead atoms. The van der Waals surface area contributed by atoms with Gasteiger partial charge in [-0.25, -0.2) is 0 Å². The molecule has 31 heavy (non-hydrogen) atoms. The minimum atomic E-state index is 0.273. The second kappa shape index (κ2) is 11.0. The Balaban J connectivity index is 1.38. The van der Waals surface area contributed by atoms with Crippen molar-refractivity contribution in [3.8, 4) is 11.5 Å². The number of ether oxygens (including phenoxy) is 2. The van der Waals surface area contributed by atoms with Crippen molar-refractivity contribution in [2.24, 2.45) is 0 Å². The molecule has 0 fully saturated rings. The Bertz CT molecular complexity index is 1010. The number of hydrogen-bond donors (Lipinski definition) is 0. The van der Waals surface area contributed by atoms with E-state index in [0.717, 1.165) is 24.3 Å². The van der Waals surface area contributed by atoms with Gasteiger partial charge in [0.2, 0.25) is 0 Å². The summed E-state index contributed by atoms with van der Waals surface area (Å²) in [4.78, 5) is 0. The Morgan fingerprint density at radius 3 is 1.87 bits per heavy atom. The van der Waals surface area contributed by atoms with Crippen LogP contribution in [0.5, 0.6) is 11.5 Å². The van der Waals surface area contributed by atoms with Crippen molar-refractivity contribution in [2.45, 2.75) is 18.8 Å². The monoisotopic (exact) mass is 407 g/mol. The summed E-state index contributed by atoms with van der Waals surface area (Å²) >= 11 is 0. The zero-order chi connectivity index (χ0) is 21.1. The van der Waals surface area contributed by atoms with E-state index in [4.69, 9.17) is 9.47 Å². The van der Waals surface area contributed by atoms with Gasteiger partial charge in [-0.1, -0.05) is 84.9 Å². The van der Waals surface area contributed by atoms with Crippen LogP contribution in [0.15, 0.2) is 109 Å². The fourth-order valence-corrected chi connectivity index (χ4v) is 3.70. The molecule has 0 saturated carbocycles. The lowest BCUT2D eigenvalue weighted by Gasteiger charge is -2.19. The van der Waals surface area contributed by atoms with Crippen LogP contribution in [-0.2, 0) is 6.42 Å². The lowest BCUT2D eigenvalue weighted by molar-refractivity contribution is 0.303. The summed E-state index contributed by atoms with van der Waals surface area (Å²) < 4.78 is 11.9. The Morgan fingerprint density at radius 1 is 0.581 bits per heavy atom. The maximum absolute atomic E-state index is 5.96. The summed E-state index contributed by atoms with van der Waals surface area (Å²) in [6, 6.07) is 40.2. The molecule has 0 saturated heterocycles. The van der Waals surface area contributed by atoms with Crippen LogP contribution in [0, 0.1) is 6.07 Å². The summed E-state index contributed by atoms with van der Waals surface area (Å²) in [7, 11) is 0. The van der Waals surface area contributed by atoms with E-state index in [1.807, 2.05) is 30.3 Å². The highest BCUT2D eigenvalue weighted by atomic mass is 16.5. The molecule has 0 amide bonds. The third-order valence-corrected chi connectivity index (χ3v) is 5.35. The fourth-order valence-electron chi connectivity index (χ4n) is 3.70. The molecule has 0 spiro atoms. The third-order valence-electron chi connectivity index (χ3n) is 5.35. The lowest BCUT2D eigenvalue weighted by Crippen LogP contribution is -2.08. The largest absolute Gasteiger partial charge is 0.494 e. The third kappa shape index (κ3) is 6.23. The van der Waals surface area contributed by atoms with Crippen molar-refractivity contribution in [1.29, 1.82) is 0 Å². The second-order valence-electron chi connectivity index (χ2n) is 7.49. The van der Waals surface area contributed by atoms with Gasteiger partial charge in [-0.3, -0.25) is 0 Å². The maximum Gasteiger partial charge on any atom is 0.119 e. The molecular weight excluding hydrogens is 380 g/mol. The Labute approximate surface area is 185 Å². The minimum absolute atomic E-state index is 0.273. The van der Waals surface area contributed by atoms with Crippen molar-refractivity contribution in [1.82, 2.24) is 0 Å². The van der Waals surface area contributed by atoms with E-state index in [1.165, 1.54) is 16.7 Å². The van der Waals surface area contributed by atoms with Crippen LogP contribution in [0.1, 0.15) is 29.0 Å². The van der Waals surface area contributed by atoms with Crippen molar-refractivity contribution in [2.75, 3.05) is 13.2 Å². The van der Waals surface area contributed by atoms with Crippen molar-refractivity contribution in [3.63, 3.8) is 0 Å². The Kier molecular flexibility index (Phi) is 7.38. The molecule has 0 heterocycles. The maximum atomic E-state index is 5.96. The number of hydrogen-bond acceptors (Lipinski definition) is 2. The van der Waals surface area contributed by atoms with Gasteiger partial charge in [0.15, 0.2) is 0 Å². The van der Waals surface area contributed by atoms with Crippen LogP contribution >= 0.6 is 0 Å². The van der Waals surface area contributed by atoms with E-state index in [0.29, 0.717) is 13.2 Å². The Morgan fingerprint density at radius 2 is 1.16 bits per heavy atom. The molecular formula is C29H27O2. The van der Waals surface area contributed by atoms with Crippen LogP contribution in [0.3, 0.4) is 0 Å². The SMILES string of the molecule is [c]1ccc(OCCC(c2ccccc2)c2ccc(OCCc3ccccc3)cc2)cc1. The van der Waals surface area contributed by atoms with E-state index in [9.17, 15) is 0 Å². The van der Waals surface area contributed by atoms with Crippen LogP contribution < -0.4 is 9.47 Å². The summed E-state index contributed by atoms with van der Waals surface area (Å²) in [5, 5.41) is 0. The molecule has 0 aliphatic heterocycles. The summed E-state index contributed by atoms with van der Waals surface area (Å²) in [6.45, 7) is 1.33.